The molecule has 0 radical (unpaired) electrons. The Morgan fingerprint density at radius 3 is 2.67 bits per heavy atom. The van der Waals surface area contributed by atoms with Crippen LogP contribution in [-0.4, -0.2) is 37.7 Å². The number of hydrogen-bond donors (Lipinski definition) is 1. The lowest BCUT2D eigenvalue weighted by atomic mass is 10.00. The molecule has 0 heterocycles. The first-order valence-electron chi connectivity index (χ1n) is 4.33. The van der Waals surface area contributed by atoms with Crippen LogP contribution in [0.25, 0.3) is 0 Å². The Hall–Kier alpha value is -0.410. The first kappa shape index (κ1) is 11.6. The second-order valence-electron chi connectivity index (χ2n) is 2.92. The van der Waals surface area contributed by atoms with Gasteiger partial charge in [-0.2, -0.15) is 0 Å². The molecule has 0 amide bonds. The van der Waals surface area contributed by atoms with Gasteiger partial charge >= 0.3 is 0 Å². The minimum absolute atomic E-state index is 0.0325. The van der Waals surface area contributed by atoms with Crippen molar-refractivity contribution >= 4 is 6.21 Å². The molecule has 0 aromatic heterocycles. The number of methoxy groups -OCH3 is 1. The van der Waals surface area contributed by atoms with Gasteiger partial charge in [-0.15, -0.1) is 0 Å². The molecule has 0 saturated heterocycles. The minimum Gasteiger partial charge on any atom is -0.394 e. The van der Waals surface area contributed by atoms with E-state index >= 15 is 0 Å². The van der Waals surface area contributed by atoms with Crippen molar-refractivity contribution in [2.75, 3.05) is 20.3 Å². The van der Waals surface area contributed by atoms with E-state index in [4.69, 9.17) is 9.84 Å². The van der Waals surface area contributed by atoms with Crippen LogP contribution in [-0.2, 0) is 4.74 Å². The van der Waals surface area contributed by atoms with E-state index in [1.165, 1.54) is 0 Å². The van der Waals surface area contributed by atoms with Crippen LogP contribution in [0.2, 0.25) is 0 Å². The number of nitrogens with zero attached hydrogens (tertiary/aromatic N) is 1. The Kier molecular flexibility index (Phi) is 7.00. The normalized spacial score (nSPS) is 16.7. The average Bonchev–Trinajstić information content (AvgIpc) is 2.10. The molecule has 0 spiro atoms. The zero-order valence-electron chi connectivity index (χ0n) is 8.16. The molecule has 3 nitrogen and oxygen atoms in total. The van der Waals surface area contributed by atoms with Crippen molar-refractivity contribution in [3.05, 3.63) is 0 Å². The number of ether oxygens (including phenoxy) is 1. The highest BCUT2D eigenvalue weighted by atomic mass is 16.5. The third kappa shape index (κ3) is 4.46. The molecule has 0 bridgehead atoms. The summed E-state index contributed by atoms with van der Waals surface area (Å²) in [5, 5.41) is 8.97. The van der Waals surface area contributed by atoms with E-state index in [-0.39, 0.29) is 12.6 Å². The van der Waals surface area contributed by atoms with Gasteiger partial charge in [0.2, 0.25) is 0 Å². The highest BCUT2D eigenvalue weighted by molar-refractivity contribution is 5.53. The van der Waals surface area contributed by atoms with Gasteiger partial charge in [-0.25, -0.2) is 0 Å². The second kappa shape index (κ2) is 7.25. The van der Waals surface area contributed by atoms with Gasteiger partial charge in [0.25, 0.3) is 0 Å². The summed E-state index contributed by atoms with van der Waals surface area (Å²) in [7, 11) is 1.68. The molecule has 0 aromatic rings. The number of rotatable bonds is 6. The van der Waals surface area contributed by atoms with Gasteiger partial charge in [-0.3, -0.25) is 4.99 Å². The van der Waals surface area contributed by atoms with Crippen molar-refractivity contribution in [2.24, 2.45) is 10.9 Å². The molecule has 2 atom stereocenters. The van der Waals surface area contributed by atoms with Crippen LogP contribution in [0.3, 0.4) is 0 Å². The molecule has 0 fully saturated rings. The SMILES string of the molecule is CC=NC(CO)C(C)CCOC. The summed E-state index contributed by atoms with van der Waals surface area (Å²) in [4.78, 5) is 4.16. The Bertz CT molecular complexity index is 126. The van der Waals surface area contributed by atoms with Crippen LogP contribution in [0, 0.1) is 5.92 Å². The van der Waals surface area contributed by atoms with Gasteiger partial charge in [0.1, 0.15) is 0 Å². The third-order valence-electron chi connectivity index (χ3n) is 1.96. The standard InChI is InChI=1S/C9H19NO2/c1-4-10-9(7-11)8(2)5-6-12-3/h4,8-9,11H,5-7H2,1-3H3. The molecule has 1 N–H and O–H groups in total. The number of hydrogen-bond acceptors (Lipinski definition) is 3. The van der Waals surface area contributed by atoms with Crippen LogP contribution in [0.1, 0.15) is 20.3 Å². The van der Waals surface area contributed by atoms with E-state index in [1.807, 2.05) is 6.92 Å². The van der Waals surface area contributed by atoms with Crippen LogP contribution in [0.4, 0.5) is 0 Å². The summed E-state index contributed by atoms with van der Waals surface area (Å²) in [5.74, 6) is 0.381. The van der Waals surface area contributed by atoms with Gasteiger partial charge in [-0.05, 0) is 25.5 Å². The van der Waals surface area contributed by atoms with Gasteiger partial charge in [0.05, 0.1) is 12.6 Å². The average molecular weight is 173 g/mol. The summed E-state index contributed by atoms with van der Waals surface area (Å²) in [5.41, 5.74) is 0. The summed E-state index contributed by atoms with van der Waals surface area (Å²) in [6, 6.07) is 0.0325. The van der Waals surface area contributed by atoms with Crippen LogP contribution in [0.5, 0.6) is 0 Å². The van der Waals surface area contributed by atoms with E-state index < -0.39 is 0 Å². The second-order valence-corrected chi connectivity index (χ2v) is 2.92. The molecule has 0 aliphatic heterocycles. The fourth-order valence-electron chi connectivity index (χ4n) is 1.06. The molecule has 72 valence electrons. The molecule has 0 saturated carbocycles. The molecule has 2 unspecified atom stereocenters. The highest BCUT2D eigenvalue weighted by Crippen LogP contribution is 2.10. The van der Waals surface area contributed by atoms with Gasteiger partial charge < -0.3 is 9.84 Å². The van der Waals surface area contributed by atoms with Crippen molar-refractivity contribution < 1.29 is 9.84 Å². The smallest absolute Gasteiger partial charge is 0.0752 e. The minimum atomic E-state index is 0.0325. The van der Waals surface area contributed by atoms with Gasteiger partial charge in [0.15, 0.2) is 0 Å². The summed E-state index contributed by atoms with van der Waals surface area (Å²) >= 11 is 0. The van der Waals surface area contributed by atoms with Crippen molar-refractivity contribution in [3.63, 3.8) is 0 Å². The largest absolute Gasteiger partial charge is 0.394 e. The fourth-order valence-corrected chi connectivity index (χ4v) is 1.06. The number of aliphatic hydroxyl groups excluding tert-OH is 1. The molecule has 0 aliphatic carbocycles. The molecule has 0 aromatic carbocycles. The summed E-state index contributed by atoms with van der Waals surface area (Å²) in [6.45, 7) is 4.80. The predicted octanol–water partition coefficient (Wildman–Crippen LogP) is 1.11. The molecule has 12 heavy (non-hydrogen) atoms. The van der Waals surface area contributed by atoms with Crippen LogP contribution in [0.15, 0.2) is 4.99 Å². The zero-order chi connectivity index (χ0) is 9.40. The van der Waals surface area contributed by atoms with Gasteiger partial charge in [-0.1, -0.05) is 6.92 Å². The first-order chi connectivity index (χ1) is 5.76. The lowest BCUT2D eigenvalue weighted by Crippen LogP contribution is -2.21. The molecule has 3 heteroatoms. The molecule has 0 aliphatic rings. The maximum Gasteiger partial charge on any atom is 0.0752 e. The Labute approximate surface area is 74.5 Å². The van der Waals surface area contributed by atoms with E-state index in [1.54, 1.807) is 13.3 Å². The van der Waals surface area contributed by atoms with Crippen molar-refractivity contribution in [1.82, 2.24) is 0 Å². The number of aliphatic imine (C=N–C) groups is 1. The van der Waals surface area contributed by atoms with E-state index in [9.17, 15) is 0 Å². The van der Waals surface area contributed by atoms with Gasteiger partial charge in [0, 0.05) is 13.7 Å². The maximum atomic E-state index is 8.97. The maximum absolute atomic E-state index is 8.97. The molecular weight excluding hydrogens is 154 g/mol. The van der Waals surface area contributed by atoms with Crippen LogP contribution < -0.4 is 0 Å². The highest BCUT2D eigenvalue weighted by Gasteiger charge is 2.13. The first-order valence-corrected chi connectivity index (χ1v) is 4.33. The predicted molar refractivity (Wildman–Crippen MR) is 50.7 cm³/mol. The van der Waals surface area contributed by atoms with E-state index in [0.29, 0.717) is 5.92 Å². The molecular formula is C9H19NO2. The molecule has 0 rings (SSSR count). The summed E-state index contributed by atoms with van der Waals surface area (Å²) < 4.78 is 4.95. The topological polar surface area (TPSA) is 41.8 Å². The lowest BCUT2D eigenvalue weighted by molar-refractivity contribution is 0.160. The van der Waals surface area contributed by atoms with E-state index in [2.05, 4.69) is 11.9 Å². The zero-order valence-corrected chi connectivity index (χ0v) is 8.16. The Morgan fingerprint density at radius 1 is 1.58 bits per heavy atom. The van der Waals surface area contributed by atoms with Crippen molar-refractivity contribution in [2.45, 2.75) is 26.3 Å². The van der Waals surface area contributed by atoms with Crippen LogP contribution >= 0.6 is 0 Å². The quantitative estimate of drug-likeness (QED) is 0.611. The number of aliphatic hydroxyl groups is 1. The monoisotopic (exact) mass is 173 g/mol. The lowest BCUT2D eigenvalue weighted by Gasteiger charge is -2.17. The van der Waals surface area contributed by atoms with Crippen molar-refractivity contribution in [1.29, 1.82) is 0 Å². The Balaban J connectivity index is 3.76. The van der Waals surface area contributed by atoms with Crippen molar-refractivity contribution in [3.8, 4) is 0 Å². The Morgan fingerprint density at radius 2 is 2.25 bits per heavy atom. The third-order valence-corrected chi connectivity index (χ3v) is 1.96. The summed E-state index contributed by atoms with van der Waals surface area (Å²) in [6.07, 6.45) is 2.68. The van der Waals surface area contributed by atoms with E-state index in [0.717, 1.165) is 13.0 Å². The fraction of sp³-hybridized carbons (Fsp3) is 0.889.